The average molecular weight is 463 g/mol. The highest BCUT2D eigenvalue weighted by molar-refractivity contribution is 6.05. The summed E-state index contributed by atoms with van der Waals surface area (Å²) in [5.74, 6) is -1.01. The molecule has 0 unspecified atom stereocenters. The number of aliphatic hydroxyl groups is 1. The zero-order chi connectivity index (χ0) is 24.1. The third-order valence-electron chi connectivity index (χ3n) is 7.57. The molecule has 3 aliphatic heterocycles. The molecule has 0 saturated carbocycles. The largest absolute Gasteiger partial charge is 0.383 e. The highest BCUT2D eigenvalue weighted by Gasteiger charge is 2.50. The molecule has 178 valence electrons. The van der Waals surface area contributed by atoms with E-state index in [-0.39, 0.29) is 24.8 Å². The van der Waals surface area contributed by atoms with Gasteiger partial charge in [0.2, 0.25) is 11.8 Å². The van der Waals surface area contributed by atoms with Gasteiger partial charge in [-0.25, -0.2) is 0 Å². The van der Waals surface area contributed by atoms with Crippen molar-refractivity contribution in [3.8, 4) is 0 Å². The van der Waals surface area contributed by atoms with E-state index in [4.69, 9.17) is 4.98 Å². The Morgan fingerprint density at radius 2 is 1.88 bits per heavy atom. The maximum atomic E-state index is 13.0. The van der Waals surface area contributed by atoms with Gasteiger partial charge in [-0.05, 0) is 30.5 Å². The van der Waals surface area contributed by atoms with Gasteiger partial charge >= 0.3 is 0 Å². The van der Waals surface area contributed by atoms with Crippen molar-refractivity contribution in [2.75, 3.05) is 13.1 Å². The Morgan fingerprint density at radius 3 is 2.59 bits per heavy atom. The van der Waals surface area contributed by atoms with Crippen molar-refractivity contribution < 1.29 is 19.5 Å². The second-order valence-corrected chi connectivity index (χ2v) is 10.3. The molecule has 8 heteroatoms. The molecule has 4 heterocycles. The van der Waals surface area contributed by atoms with E-state index in [2.05, 4.69) is 36.2 Å². The molecule has 34 heavy (non-hydrogen) atoms. The van der Waals surface area contributed by atoms with Gasteiger partial charge in [0.1, 0.15) is 11.6 Å². The third kappa shape index (κ3) is 3.80. The molecular formula is C26H30N4O4. The van der Waals surface area contributed by atoms with Gasteiger partial charge in [0.25, 0.3) is 5.91 Å². The van der Waals surface area contributed by atoms with Crippen LogP contribution in [-0.2, 0) is 28.3 Å². The van der Waals surface area contributed by atoms with Crippen molar-refractivity contribution >= 4 is 17.7 Å². The maximum Gasteiger partial charge on any atom is 0.256 e. The van der Waals surface area contributed by atoms with E-state index >= 15 is 0 Å². The summed E-state index contributed by atoms with van der Waals surface area (Å²) >= 11 is 0. The van der Waals surface area contributed by atoms with Crippen LogP contribution in [0.5, 0.6) is 0 Å². The van der Waals surface area contributed by atoms with Gasteiger partial charge in [-0.3, -0.25) is 29.6 Å². The first kappa shape index (κ1) is 22.7. The first-order valence-corrected chi connectivity index (χ1v) is 11.8. The summed E-state index contributed by atoms with van der Waals surface area (Å²) in [4.78, 5) is 45.4. The van der Waals surface area contributed by atoms with Crippen LogP contribution in [0.1, 0.15) is 60.4 Å². The van der Waals surface area contributed by atoms with Crippen molar-refractivity contribution in [2.45, 2.75) is 57.8 Å². The fraction of sp³-hybridized carbons (Fsp3) is 0.462. The smallest absolute Gasteiger partial charge is 0.256 e. The quantitative estimate of drug-likeness (QED) is 0.674. The molecule has 2 saturated heterocycles. The monoisotopic (exact) mass is 462 g/mol. The van der Waals surface area contributed by atoms with Crippen LogP contribution < -0.4 is 5.32 Å². The van der Waals surface area contributed by atoms with Crippen LogP contribution in [0.3, 0.4) is 0 Å². The number of hydrogen-bond donors (Lipinski definition) is 2. The van der Waals surface area contributed by atoms with Crippen LogP contribution in [0.25, 0.3) is 0 Å². The molecule has 2 aromatic rings. The number of amides is 3. The predicted molar refractivity (Wildman–Crippen MR) is 124 cm³/mol. The van der Waals surface area contributed by atoms with Gasteiger partial charge in [0, 0.05) is 31.5 Å². The van der Waals surface area contributed by atoms with Crippen molar-refractivity contribution in [3.05, 3.63) is 65.0 Å². The Morgan fingerprint density at radius 1 is 1.12 bits per heavy atom. The van der Waals surface area contributed by atoms with E-state index in [0.717, 1.165) is 13.1 Å². The molecule has 0 aliphatic carbocycles. The molecule has 2 N–H and O–H groups in total. The summed E-state index contributed by atoms with van der Waals surface area (Å²) in [5.41, 5.74) is 1.23. The fourth-order valence-electron chi connectivity index (χ4n) is 5.54. The minimum atomic E-state index is -1.14. The van der Waals surface area contributed by atoms with Gasteiger partial charge in [-0.1, -0.05) is 44.2 Å². The molecule has 1 aromatic heterocycles. The van der Waals surface area contributed by atoms with Crippen LogP contribution in [0.4, 0.5) is 0 Å². The summed E-state index contributed by atoms with van der Waals surface area (Å²) in [6.45, 7) is 6.57. The van der Waals surface area contributed by atoms with Gasteiger partial charge in [-0.15, -0.1) is 0 Å². The number of fused-ring (bicyclic) bond motifs is 1. The number of carbonyl (C=O) groups excluding carboxylic acids is 3. The maximum absolute atomic E-state index is 13.0. The van der Waals surface area contributed by atoms with Crippen molar-refractivity contribution in [3.63, 3.8) is 0 Å². The summed E-state index contributed by atoms with van der Waals surface area (Å²) in [5, 5.41) is 14.2. The summed E-state index contributed by atoms with van der Waals surface area (Å²) in [6, 6.07) is 13.1. The lowest BCUT2D eigenvalue weighted by molar-refractivity contribution is -0.137. The summed E-state index contributed by atoms with van der Waals surface area (Å²) < 4.78 is 0. The van der Waals surface area contributed by atoms with Crippen LogP contribution in [-0.4, -0.2) is 56.7 Å². The van der Waals surface area contributed by atoms with E-state index in [1.807, 2.05) is 18.2 Å². The van der Waals surface area contributed by atoms with Crippen LogP contribution in [0, 0.1) is 5.41 Å². The lowest BCUT2D eigenvalue weighted by Gasteiger charge is -2.50. The molecule has 2 atom stereocenters. The highest BCUT2D eigenvalue weighted by atomic mass is 16.3. The number of likely N-dealkylation sites (tertiary alicyclic amines) is 1. The van der Waals surface area contributed by atoms with E-state index in [0.29, 0.717) is 36.3 Å². The topological polar surface area (TPSA) is 103 Å². The minimum absolute atomic E-state index is 0.199. The average Bonchev–Trinajstić information content (AvgIpc) is 3.12. The second-order valence-electron chi connectivity index (χ2n) is 10.3. The normalized spacial score (nSPS) is 27.0. The first-order chi connectivity index (χ1) is 16.2. The Bertz CT molecular complexity index is 1150. The molecule has 8 nitrogen and oxygen atoms in total. The Kier molecular flexibility index (Phi) is 5.53. The predicted octanol–water partition coefficient (Wildman–Crippen LogP) is 1.96. The van der Waals surface area contributed by atoms with E-state index in [1.165, 1.54) is 10.5 Å². The lowest BCUT2D eigenvalue weighted by atomic mass is 9.68. The number of carbonyl (C=O) groups is 3. The molecule has 0 bridgehead atoms. The second kappa shape index (κ2) is 8.29. The lowest BCUT2D eigenvalue weighted by Crippen LogP contribution is -2.55. The number of pyridine rings is 1. The number of rotatable bonds is 4. The summed E-state index contributed by atoms with van der Waals surface area (Å²) in [7, 11) is 0. The number of hydrogen-bond acceptors (Lipinski definition) is 6. The SMILES string of the molecule is CC1(C)CN(Cc2ccccc2)CC[C@]1(O)c1ccc2c(n1)CN([C@H]1CCC(=O)NC1=O)C2=O. The van der Waals surface area contributed by atoms with Crippen LogP contribution in [0.2, 0.25) is 0 Å². The van der Waals surface area contributed by atoms with E-state index in [9.17, 15) is 19.5 Å². The van der Waals surface area contributed by atoms with Crippen LogP contribution in [0.15, 0.2) is 42.5 Å². The molecule has 3 aliphatic rings. The Labute approximate surface area is 199 Å². The van der Waals surface area contributed by atoms with Gasteiger partial charge in [-0.2, -0.15) is 0 Å². The van der Waals surface area contributed by atoms with E-state index < -0.39 is 23.0 Å². The number of nitrogens with one attached hydrogen (secondary N) is 1. The molecule has 5 rings (SSSR count). The Hall–Kier alpha value is -3.10. The van der Waals surface area contributed by atoms with Crippen molar-refractivity contribution in [1.82, 2.24) is 20.1 Å². The molecule has 1 aromatic carbocycles. The summed E-state index contributed by atoms with van der Waals surface area (Å²) in [6.07, 6.45) is 1.05. The molecule has 2 fully saturated rings. The minimum Gasteiger partial charge on any atom is -0.383 e. The fourth-order valence-corrected chi connectivity index (χ4v) is 5.54. The zero-order valence-electron chi connectivity index (χ0n) is 19.6. The van der Waals surface area contributed by atoms with Crippen molar-refractivity contribution in [2.24, 2.45) is 5.41 Å². The molecule has 3 amide bonds. The number of piperidine rings is 2. The number of aromatic nitrogens is 1. The molecular weight excluding hydrogens is 432 g/mol. The van der Waals surface area contributed by atoms with Gasteiger partial charge in [0.15, 0.2) is 0 Å². The Balaban J connectivity index is 1.35. The van der Waals surface area contributed by atoms with Crippen molar-refractivity contribution in [1.29, 1.82) is 0 Å². The zero-order valence-corrected chi connectivity index (χ0v) is 19.6. The molecule has 0 spiro atoms. The number of benzene rings is 1. The number of nitrogens with zero attached hydrogens (tertiary/aromatic N) is 3. The van der Waals surface area contributed by atoms with Gasteiger partial charge < -0.3 is 10.0 Å². The highest BCUT2D eigenvalue weighted by Crippen LogP contribution is 2.46. The van der Waals surface area contributed by atoms with E-state index in [1.54, 1.807) is 12.1 Å². The standard InChI is InChI=1S/C26H30N4O4/c1-25(2)16-29(14-17-6-4-3-5-7-17)13-12-26(25,34)21-10-8-18-19(27-21)15-30(24(18)33)20-9-11-22(31)28-23(20)32/h3-8,10,20,34H,9,11-16H2,1-2H3,(H,28,31,32)/t20-,26-/m0/s1. The number of imide groups is 1. The van der Waals surface area contributed by atoms with Crippen LogP contribution >= 0.6 is 0 Å². The van der Waals surface area contributed by atoms with Gasteiger partial charge in [0.05, 0.1) is 23.5 Å². The first-order valence-electron chi connectivity index (χ1n) is 11.8. The molecule has 0 radical (unpaired) electrons. The third-order valence-corrected chi connectivity index (χ3v) is 7.57.